The van der Waals surface area contributed by atoms with Crippen molar-refractivity contribution < 1.29 is 10.2 Å². The molecule has 0 unspecified atom stereocenters. The first kappa shape index (κ1) is 23.6. The molecule has 0 fully saturated rings. The number of rotatable bonds is 17. The van der Waals surface area contributed by atoms with Gasteiger partial charge in [-0.25, -0.2) is 0 Å². The summed E-state index contributed by atoms with van der Waals surface area (Å²) in [5, 5.41) is 18.9. The lowest BCUT2D eigenvalue weighted by Crippen LogP contribution is -2.28. The zero-order chi connectivity index (χ0) is 18.0. The predicted molar refractivity (Wildman–Crippen MR) is 106 cm³/mol. The second kappa shape index (κ2) is 17.4. The average molecular weight is 342 g/mol. The summed E-state index contributed by atoms with van der Waals surface area (Å²) >= 11 is 0. The number of aliphatic imine (C=N–C) groups is 1. The molecule has 0 radical (unpaired) electrons. The highest BCUT2D eigenvalue weighted by Gasteiger charge is 2.16. The summed E-state index contributed by atoms with van der Waals surface area (Å²) in [6.07, 6.45) is 17.7. The van der Waals surface area contributed by atoms with E-state index in [0.717, 1.165) is 18.6 Å². The number of hydrogen-bond acceptors (Lipinski definition) is 3. The van der Waals surface area contributed by atoms with Crippen LogP contribution in [0.4, 0.5) is 0 Å². The Morgan fingerprint density at radius 2 is 1.17 bits per heavy atom. The van der Waals surface area contributed by atoms with E-state index in [1.807, 2.05) is 13.8 Å². The van der Waals surface area contributed by atoms with Crippen molar-refractivity contribution in [2.75, 3.05) is 6.61 Å². The van der Waals surface area contributed by atoms with E-state index in [-0.39, 0.29) is 12.6 Å². The Morgan fingerprint density at radius 3 is 1.54 bits per heavy atom. The molecule has 0 aliphatic rings. The smallest absolute Gasteiger partial charge is 0.0993 e. The predicted octanol–water partition coefficient (Wildman–Crippen LogP) is 5.67. The largest absolute Gasteiger partial charge is 0.394 e. The van der Waals surface area contributed by atoms with Gasteiger partial charge in [0.25, 0.3) is 0 Å². The molecule has 0 bridgehead atoms. The Morgan fingerprint density at radius 1 is 0.750 bits per heavy atom. The standard InChI is InChI=1S/C21H43NO2/c1-4-5-6-7-8-9-10-11-12-13-14-15-16-17-20(21(24)18-23)22-19(2)3/h20-21,23-24H,4-18H2,1-3H3/t20-,21+/m1/s1. The molecule has 0 aliphatic carbocycles. The molecule has 3 nitrogen and oxygen atoms in total. The van der Waals surface area contributed by atoms with Crippen LogP contribution in [0.5, 0.6) is 0 Å². The molecule has 2 atom stereocenters. The van der Waals surface area contributed by atoms with Crippen LogP contribution in [-0.4, -0.2) is 34.7 Å². The fourth-order valence-corrected chi connectivity index (χ4v) is 3.17. The molecular formula is C21H43NO2. The van der Waals surface area contributed by atoms with Gasteiger partial charge >= 0.3 is 0 Å². The van der Waals surface area contributed by atoms with Crippen molar-refractivity contribution in [3.05, 3.63) is 0 Å². The van der Waals surface area contributed by atoms with E-state index >= 15 is 0 Å². The molecule has 144 valence electrons. The van der Waals surface area contributed by atoms with Gasteiger partial charge in [0.1, 0.15) is 0 Å². The Balaban J connectivity index is 3.44. The Labute approximate surface area is 151 Å². The van der Waals surface area contributed by atoms with Crippen LogP contribution in [-0.2, 0) is 0 Å². The molecule has 0 spiro atoms. The minimum atomic E-state index is -0.711. The highest BCUT2D eigenvalue weighted by molar-refractivity contribution is 5.79. The Kier molecular flexibility index (Phi) is 17.1. The van der Waals surface area contributed by atoms with Crippen LogP contribution in [0.3, 0.4) is 0 Å². The molecule has 2 N–H and O–H groups in total. The van der Waals surface area contributed by atoms with Gasteiger partial charge in [-0.1, -0.05) is 90.4 Å². The van der Waals surface area contributed by atoms with Crippen LogP contribution in [0.1, 0.15) is 111 Å². The van der Waals surface area contributed by atoms with Crippen LogP contribution in [0.2, 0.25) is 0 Å². The summed E-state index contributed by atoms with van der Waals surface area (Å²) < 4.78 is 0. The zero-order valence-corrected chi connectivity index (χ0v) is 16.6. The van der Waals surface area contributed by atoms with Gasteiger partial charge in [0.05, 0.1) is 18.8 Å². The van der Waals surface area contributed by atoms with E-state index in [9.17, 15) is 5.11 Å². The molecule has 3 heteroatoms. The van der Waals surface area contributed by atoms with Crippen molar-refractivity contribution >= 4 is 5.71 Å². The van der Waals surface area contributed by atoms with Gasteiger partial charge in [0, 0.05) is 5.71 Å². The molecule has 0 aromatic rings. The molecular weight excluding hydrogens is 298 g/mol. The van der Waals surface area contributed by atoms with Crippen LogP contribution in [0, 0.1) is 0 Å². The van der Waals surface area contributed by atoms with Crippen LogP contribution in [0.15, 0.2) is 4.99 Å². The van der Waals surface area contributed by atoms with Gasteiger partial charge in [0.15, 0.2) is 0 Å². The van der Waals surface area contributed by atoms with E-state index in [0.29, 0.717) is 0 Å². The van der Waals surface area contributed by atoms with Crippen LogP contribution >= 0.6 is 0 Å². The second-order valence-corrected chi connectivity index (χ2v) is 7.42. The van der Waals surface area contributed by atoms with E-state index in [4.69, 9.17) is 5.11 Å². The van der Waals surface area contributed by atoms with Gasteiger partial charge in [-0.05, 0) is 20.3 Å². The summed E-state index contributed by atoms with van der Waals surface area (Å²) in [5.74, 6) is 0. The number of unbranched alkanes of at least 4 members (excludes halogenated alkanes) is 12. The maximum atomic E-state index is 9.80. The van der Waals surface area contributed by atoms with E-state index < -0.39 is 6.10 Å². The number of nitrogens with zero attached hydrogens (tertiary/aromatic N) is 1. The first-order valence-electron chi connectivity index (χ1n) is 10.4. The SMILES string of the molecule is CCCCCCCCCCCCCCC[C@@H](N=C(C)C)[C@@H](O)CO. The molecule has 0 heterocycles. The average Bonchev–Trinajstić information content (AvgIpc) is 2.56. The fraction of sp³-hybridized carbons (Fsp3) is 0.952. The summed E-state index contributed by atoms with van der Waals surface area (Å²) in [6, 6.07) is -0.132. The maximum absolute atomic E-state index is 9.80. The fourth-order valence-electron chi connectivity index (χ4n) is 3.17. The molecule has 0 saturated heterocycles. The summed E-state index contributed by atoms with van der Waals surface area (Å²) in [5.41, 5.74) is 0.974. The van der Waals surface area contributed by atoms with Crippen molar-refractivity contribution in [2.45, 2.75) is 123 Å². The quantitative estimate of drug-likeness (QED) is 0.264. The van der Waals surface area contributed by atoms with Crippen molar-refractivity contribution in [1.29, 1.82) is 0 Å². The topological polar surface area (TPSA) is 52.8 Å². The molecule has 0 saturated carbocycles. The van der Waals surface area contributed by atoms with E-state index in [1.54, 1.807) is 0 Å². The second-order valence-electron chi connectivity index (χ2n) is 7.42. The minimum Gasteiger partial charge on any atom is -0.394 e. The Bertz CT molecular complexity index is 288. The number of aliphatic hydroxyl groups excluding tert-OH is 2. The minimum absolute atomic E-state index is 0.132. The van der Waals surface area contributed by atoms with Crippen molar-refractivity contribution in [1.82, 2.24) is 0 Å². The lowest BCUT2D eigenvalue weighted by Gasteiger charge is -2.18. The first-order chi connectivity index (χ1) is 11.6. The summed E-state index contributed by atoms with van der Waals surface area (Å²) in [6.45, 7) is 5.97. The number of aliphatic hydroxyl groups is 2. The monoisotopic (exact) mass is 341 g/mol. The molecule has 0 rings (SSSR count). The van der Waals surface area contributed by atoms with Crippen molar-refractivity contribution in [3.8, 4) is 0 Å². The van der Waals surface area contributed by atoms with E-state index in [1.165, 1.54) is 77.0 Å². The zero-order valence-electron chi connectivity index (χ0n) is 16.6. The van der Waals surface area contributed by atoms with Gasteiger partial charge in [-0.3, -0.25) is 4.99 Å². The molecule has 0 aromatic heterocycles. The normalized spacial score (nSPS) is 13.7. The molecule has 0 aromatic carbocycles. The van der Waals surface area contributed by atoms with Gasteiger partial charge in [-0.2, -0.15) is 0 Å². The van der Waals surface area contributed by atoms with E-state index in [2.05, 4.69) is 11.9 Å². The van der Waals surface area contributed by atoms with Gasteiger partial charge in [0.2, 0.25) is 0 Å². The molecule has 0 aliphatic heterocycles. The lowest BCUT2D eigenvalue weighted by atomic mass is 10.0. The third-order valence-electron chi connectivity index (χ3n) is 4.66. The third-order valence-corrected chi connectivity index (χ3v) is 4.66. The summed E-state index contributed by atoms with van der Waals surface area (Å²) in [4.78, 5) is 4.45. The highest BCUT2D eigenvalue weighted by Crippen LogP contribution is 2.15. The highest BCUT2D eigenvalue weighted by atomic mass is 16.3. The Hall–Kier alpha value is -0.410. The first-order valence-corrected chi connectivity index (χ1v) is 10.4. The van der Waals surface area contributed by atoms with Crippen LogP contribution in [0.25, 0.3) is 0 Å². The lowest BCUT2D eigenvalue weighted by molar-refractivity contribution is 0.0717. The van der Waals surface area contributed by atoms with Gasteiger partial charge in [-0.15, -0.1) is 0 Å². The van der Waals surface area contributed by atoms with Crippen LogP contribution < -0.4 is 0 Å². The number of hydrogen-bond donors (Lipinski definition) is 2. The summed E-state index contributed by atoms with van der Waals surface area (Å²) in [7, 11) is 0. The van der Waals surface area contributed by atoms with Crippen molar-refractivity contribution in [2.24, 2.45) is 4.99 Å². The van der Waals surface area contributed by atoms with Gasteiger partial charge < -0.3 is 10.2 Å². The molecule has 24 heavy (non-hydrogen) atoms. The maximum Gasteiger partial charge on any atom is 0.0993 e. The van der Waals surface area contributed by atoms with Crippen molar-refractivity contribution in [3.63, 3.8) is 0 Å². The third kappa shape index (κ3) is 15.1. The molecule has 0 amide bonds.